The molecule has 1 unspecified atom stereocenters. The van der Waals surface area contributed by atoms with Crippen LogP contribution in [0.4, 0.5) is 0 Å². The van der Waals surface area contributed by atoms with Gasteiger partial charge >= 0.3 is 0 Å². The molecular formula is C12H14N2O. The van der Waals surface area contributed by atoms with Gasteiger partial charge in [0.25, 0.3) is 0 Å². The molecule has 2 heterocycles. The van der Waals surface area contributed by atoms with Gasteiger partial charge in [0, 0.05) is 11.8 Å². The van der Waals surface area contributed by atoms with Crippen LogP contribution in [0.1, 0.15) is 29.8 Å². The molecule has 0 saturated carbocycles. The summed E-state index contributed by atoms with van der Waals surface area (Å²) in [6, 6.07) is 5.67. The summed E-state index contributed by atoms with van der Waals surface area (Å²) in [6.45, 7) is 2.10. The number of nitrogens with zero attached hydrogens (tertiary/aromatic N) is 1. The lowest BCUT2D eigenvalue weighted by Crippen LogP contribution is -2.14. The second-order valence-electron chi connectivity index (χ2n) is 3.44. The summed E-state index contributed by atoms with van der Waals surface area (Å²) < 4.78 is 5.02. The summed E-state index contributed by atoms with van der Waals surface area (Å²) in [4.78, 5) is 4.34. The molecule has 78 valence electrons. The molecule has 3 nitrogen and oxygen atoms in total. The third kappa shape index (κ3) is 1.92. The van der Waals surface area contributed by atoms with Gasteiger partial charge in [-0.05, 0) is 24.1 Å². The third-order valence-corrected chi connectivity index (χ3v) is 2.50. The van der Waals surface area contributed by atoms with Crippen LogP contribution < -0.4 is 5.73 Å². The molecule has 0 aliphatic carbocycles. The van der Waals surface area contributed by atoms with Crippen LogP contribution in [0.5, 0.6) is 0 Å². The molecule has 2 aromatic heterocycles. The number of hydrogen-bond acceptors (Lipinski definition) is 3. The van der Waals surface area contributed by atoms with E-state index in [2.05, 4.69) is 18.0 Å². The highest BCUT2D eigenvalue weighted by molar-refractivity contribution is 5.30. The highest BCUT2D eigenvalue weighted by Crippen LogP contribution is 2.21. The van der Waals surface area contributed by atoms with Crippen molar-refractivity contribution in [1.82, 2.24) is 4.98 Å². The molecule has 0 amide bonds. The first kappa shape index (κ1) is 9.93. The van der Waals surface area contributed by atoms with Gasteiger partial charge in [-0.1, -0.05) is 13.0 Å². The van der Waals surface area contributed by atoms with Crippen molar-refractivity contribution < 1.29 is 4.42 Å². The largest absolute Gasteiger partial charge is 0.472 e. The van der Waals surface area contributed by atoms with Crippen LogP contribution in [0.15, 0.2) is 41.3 Å². The maximum Gasteiger partial charge on any atom is 0.0954 e. The molecule has 0 aliphatic rings. The summed E-state index contributed by atoms with van der Waals surface area (Å²) in [7, 11) is 0. The van der Waals surface area contributed by atoms with Crippen molar-refractivity contribution >= 4 is 0 Å². The van der Waals surface area contributed by atoms with E-state index < -0.39 is 0 Å². The van der Waals surface area contributed by atoms with Gasteiger partial charge in [-0.15, -0.1) is 0 Å². The Balaban J connectivity index is 2.37. The van der Waals surface area contributed by atoms with Crippen LogP contribution in [0.25, 0.3) is 0 Å². The molecule has 0 bridgehead atoms. The normalized spacial score (nSPS) is 12.7. The van der Waals surface area contributed by atoms with Crippen molar-refractivity contribution in [2.75, 3.05) is 0 Å². The van der Waals surface area contributed by atoms with Crippen molar-refractivity contribution in [1.29, 1.82) is 0 Å². The predicted molar refractivity (Wildman–Crippen MR) is 58.4 cm³/mol. The van der Waals surface area contributed by atoms with Crippen LogP contribution in [0.2, 0.25) is 0 Å². The number of nitrogens with two attached hydrogens (primary N) is 1. The number of hydrogen-bond donors (Lipinski definition) is 1. The quantitative estimate of drug-likeness (QED) is 0.830. The number of aromatic nitrogens is 1. The van der Waals surface area contributed by atoms with Gasteiger partial charge in [0.1, 0.15) is 0 Å². The Morgan fingerprint density at radius 1 is 1.47 bits per heavy atom. The molecule has 0 radical (unpaired) electrons. The Labute approximate surface area is 88.9 Å². The Kier molecular flexibility index (Phi) is 2.83. The topological polar surface area (TPSA) is 52.0 Å². The maximum absolute atomic E-state index is 6.11. The Morgan fingerprint density at radius 2 is 2.33 bits per heavy atom. The van der Waals surface area contributed by atoms with E-state index in [0.717, 1.165) is 17.7 Å². The third-order valence-electron chi connectivity index (χ3n) is 2.50. The average molecular weight is 202 g/mol. The van der Waals surface area contributed by atoms with Crippen molar-refractivity contribution in [3.05, 3.63) is 53.7 Å². The van der Waals surface area contributed by atoms with Crippen LogP contribution in [-0.2, 0) is 6.42 Å². The van der Waals surface area contributed by atoms with Crippen LogP contribution in [0.3, 0.4) is 0 Å². The molecule has 0 fully saturated rings. The molecule has 0 aliphatic heterocycles. The molecule has 3 heteroatoms. The van der Waals surface area contributed by atoms with Gasteiger partial charge in [0.2, 0.25) is 0 Å². The van der Waals surface area contributed by atoms with E-state index in [4.69, 9.17) is 10.2 Å². The first-order valence-corrected chi connectivity index (χ1v) is 5.04. The number of pyridine rings is 1. The van der Waals surface area contributed by atoms with Gasteiger partial charge in [0.05, 0.1) is 24.3 Å². The SMILES string of the molecule is CCc1cccnc1C(N)c1ccoc1. The molecule has 0 aromatic carbocycles. The van der Waals surface area contributed by atoms with Gasteiger partial charge in [0.15, 0.2) is 0 Å². The van der Waals surface area contributed by atoms with E-state index >= 15 is 0 Å². The van der Waals surface area contributed by atoms with Gasteiger partial charge in [-0.3, -0.25) is 4.98 Å². The molecule has 0 spiro atoms. The first-order valence-electron chi connectivity index (χ1n) is 5.04. The Morgan fingerprint density at radius 3 is 3.00 bits per heavy atom. The van der Waals surface area contributed by atoms with Gasteiger partial charge in [-0.25, -0.2) is 0 Å². The highest BCUT2D eigenvalue weighted by atomic mass is 16.3. The van der Waals surface area contributed by atoms with Crippen LogP contribution >= 0.6 is 0 Å². The van der Waals surface area contributed by atoms with E-state index in [1.165, 1.54) is 5.56 Å². The summed E-state index contributed by atoms with van der Waals surface area (Å²) in [6.07, 6.45) is 6.01. The van der Waals surface area contributed by atoms with Crippen LogP contribution in [-0.4, -0.2) is 4.98 Å². The summed E-state index contributed by atoms with van der Waals surface area (Å²) >= 11 is 0. The second-order valence-corrected chi connectivity index (χ2v) is 3.44. The fourth-order valence-electron chi connectivity index (χ4n) is 1.64. The molecular weight excluding hydrogens is 188 g/mol. The van der Waals surface area contributed by atoms with Crippen molar-refractivity contribution in [3.63, 3.8) is 0 Å². The highest BCUT2D eigenvalue weighted by Gasteiger charge is 2.14. The minimum Gasteiger partial charge on any atom is -0.472 e. The zero-order valence-corrected chi connectivity index (χ0v) is 8.68. The lowest BCUT2D eigenvalue weighted by Gasteiger charge is -2.12. The second kappa shape index (κ2) is 4.28. The fraction of sp³-hybridized carbons (Fsp3) is 0.250. The molecule has 2 N–H and O–H groups in total. The fourth-order valence-corrected chi connectivity index (χ4v) is 1.64. The number of furan rings is 1. The molecule has 2 rings (SSSR count). The monoisotopic (exact) mass is 202 g/mol. The molecule has 1 atom stereocenters. The summed E-state index contributed by atoms with van der Waals surface area (Å²) in [5.41, 5.74) is 9.19. The summed E-state index contributed by atoms with van der Waals surface area (Å²) in [5.74, 6) is 0. The average Bonchev–Trinajstić information content (AvgIpc) is 2.81. The summed E-state index contributed by atoms with van der Waals surface area (Å²) in [5, 5.41) is 0. The minimum atomic E-state index is -0.195. The Bertz CT molecular complexity index is 423. The van der Waals surface area contributed by atoms with E-state index in [1.54, 1.807) is 18.7 Å². The molecule has 0 saturated heterocycles. The number of rotatable bonds is 3. The standard InChI is InChI=1S/C12H14N2O/c1-2-9-4-3-6-14-12(9)11(13)10-5-7-15-8-10/h3-8,11H,2,13H2,1H3. The van der Waals surface area contributed by atoms with E-state index in [0.29, 0.717) is 0 Å². The van der Waals surface area contributed by atoms with E-state index in [-0.39, 0.29) is 6.04 Å². The molecule has 2 aromatic rings. The first-order chi connectivity index (χ1) is 7.33. The van der Waals surface area contributed by atoms with Crippen LogP contribution in [0, 0.1) is 0 Å². The van der Waals surface area contributed by atoms with Gasteiger partial charge in [-0.2, -0.15) is 0 Å². The maximum atomic E-state index is 6.11. The zero-order chi connectivity index (χ0) is 10.7. The predicted octanol–water partition coefficient (Wildman–Crippen LogP) is 2.29. The van der Waals surface area contributed by atoms with E-state index in [9.17, 15) is 0 Å². The molecule has 15 heavy (non-hydrogen) atoms. The lowest BCUT2D eigenvalue weighted by atomic mass is 10.0. The lowest BCUT2D eigenvalue weighted by molar-refractivity contribution is 0.561. The number of aryl methyl sites for hydroxylation is 1. The Hall–Kier alpha value is -1.61. The smallest absolute Gasteiger partial charge is 0.0954 e. The minimum absolute atomic E-state index is 0.195. The van der Waals surface area contributed by atoms with Crippen molar-refractivity contribution in [2.45, 2.75) is 19.4 Å². The van der Waals surface area contributed by atoms with Crippen molar-refractivity contribution in [2.24, 2.45) is 5.73 Å². The van der Waals surface area contributed by atoms with E-state index in [1.807, 2.05) is 12.1 Å². The van der Waals surface area contributed by atoms with Gasteiger partial charge < -0.3 is 10.2 Å². The van der Waals surface area contributed by atoms with Crippen molar-refractivity contribution in [3.8, 4) is 0 Å². The zero-order valence-electron chi connectivity index (χ0n) is 8.68.